The van der Waals surface area contributed by atoms with Gasteiger partial charge in [0.1, 0.15) is 5.75 Å². The Morgan fingerprint density at radius 2 is 1.92 bits per heavy atom. The van der Waals surface area contributed by atoms with Crippen molar-refractivity contribution < 1.29 is 14.6 Å². The summed E-state index contributed by atoms with van der Waals surface area (Å²) in [6.45, 7) is 5.17. The van der Waals surface area contributed by atoms with Gasteiger partial charge >= 0.3 is 0 Å². The third-order valence-corrected chi connectivity index (χ3v) is 5.95. The van der Waals surface area contributed by atoms with E-state index in [-0.39, 0.29) is 17.6 Å². The molecule has 0 aliphatic heterocycles. The van der Waals surface area contributed by atoms with Crippen molar-refractivity contribution in [1.29, 1.82) is 0 Å². The molecular weight excluding hydrogens is 300 g/mol. The molecular formula is C21H30O3. The third kappa shape index (κ3) is 3.52. The lowest BCUT2D eigenvalue weighted by atomic mass is 9.75. The Hall–Kier alpha value is -1.32. The van der Waals surface area contributed by atoms with Crippen molar-refractivity contribution in [2.75, 3.05) is 7.11 Å². The van der Waals surface area contributed by atoms with Crippen LogP contribution in [0.5, 0.6) is 5.75 Å². The fraction of sp³-hybridized carbons (Fsp3) is 0.619. The van der Waals surface area contributed by atoms with Gasteiger partial charge in [0.15, 0.2) is 0 Å². The number of aliphatic hydroxyl groups excluding tert-OH is 1. The highest BCUT2D eigenvalue weighted by molar-refractivity contribution is 5.27. The summed E-state index contributed by atoms with van der Waals surface area (Å²) in [5, 5.41) is 10.7. The van der Waals surface area contributed by atoms with Crippen molar-refractivity contribution in [3.05, 3.63) is 41.5 Å². The SMILES string of the molecule is COc1ccc(CO[C@@H]2[C@H]3CC/C(=C/CCC[C@@H]2O)C3(C)C)cc1. The average Bonchev–Trinajstić information content (AvgIpc) is 2.88. The highest BCUT2D eigenvalue weighted by Gasteiger charge is 2.45. The van der Waals surface area contributed by atoms with Crippen LogP contribution in [0.2, 0.25) is 0 Å². The van der Waals surface area contributed by atoms with E-state index < -0.39 is 0 Å². The van der Waals surface area contributed by atoms with E-state index in [0.29, 0.717) is 12.5 Å². The minimum Gasteiger partial charge on any atom is -0.497 e. The molecule has 3 rings (SSSR count). The van der Waals surface area contributed by atoms with Gasteiger partial charge in [0.2, 0.25) is 0 Å². The van der Waals surface area contributed by atoms with Gasteiger partial charge in [-0.1, -0.05) is 37.6 Å². The van der Waals surface area contributed by atoms with E-state index in [2.05, 4.69) is 19.9 Å². The van der Waals surface area contributed by atoms with Crippen molar-refractivity contribution in [3.63, 3.8) is 0 Å². The van der Waals surface area contributed by atoms with Crippen molar-refractivity contribution >= 4 is 0 Å². The van der Waals surface area contributed by atoms with Crippen molar-refractivity contribution in [2.24, 2.45) is 11.3 Å². The minimum atomic E-state index is -0.377. The highest BCUT2D eigenvalue weighted by atomic mass is 16.5. The Morgan fingerprint density at radius 3 is 2.62 bits per heavy atom. The molecule has 2 aliphatic rings. The van der Waals surface area contributed by atoms with Gasteiger partial charge in [0.05, 0.1) is 25.9 Å². The number of hydrogen-bond donors (Lipinski definition) is 1. The minimum absolute atomic E-state index is 0.0916. The van der Waals surface area contributed by atoms with Crippen LogP contribution in [-0.2, 0) is 11.3 Å². The Labute approximate surface area is 145 Å². The second kappa shape index (κ2) is 7.28. The van der Waals surface area contributed by atoms with Crippen LogP contribution in [0.4, 0.5) is 0 Å². The fourth-order valence-corrected chi connectivity index (χ4v) is 4.35. The number of aliphatic hydroxyl groups is 1. The van der Waals surface area contributed by atoms with E-state index in [0.717, 1.165) is 43.4 Å². The van der Waals surface area contributed by atoms with Gasteiger partial charge in [-0.3, -0.25) is 0 Å². The van der Waals surface area contributed by atoms with E-state index >= 15 is 0 Å². The van der Waals surface area contributed by atoms with Gasteiger partial charge in [-0.05, 0) is 61.1 Å². The first-order chi connectivity index (χ1) is 11.5. The summed E-state index contributed by atoms with van der Waals surface area (Å²) >= 11 is 0. The largest absolute Gasteiger partial charge is 0.497 e. The van der Waals surface area contributed by atoms with Crippen molar-refractivity contribution in [2.45, 2.75) is 64.8 Å². The summed E-state index contributed by atoms with van der Waals surface area (Å²) in [5.41, 5.74) is 2.80. The first-order valence-corrected chi connectivity index (χ1v) is 9.14. The maximum atomic E-state index is 10.7. The molecule has 3 atom stereocenters. The third-order valence-electron chi connectivity index (χ3n) is 5.95. The fourth-order valence-electron chi connectivity index (χ4n) is 4.35. The normalized spacial score (nSPS) is 31.5. The summed E-state index contributed by atoms with van der Waals surface area (Å²) < 4.78 is 11.5. The molecule has 1 fully saturated rings. The first kappa shape index (κ1) is 17.5. The average molecular weight is 330 g/mol. The summed E-state index contributed by atoms with van der Waals surface area (Å²) in [5.74, 6) is 1.24. The zero-order valence-electron chi connectivity index (χ0n) is 15.1. The number of fused-ring (bicyclic) bond motifs is 2. The molecule has 0 aromatic heterocycles. The smallest absolute Gasteiger partial charge is 0.118 e. The molecule has 0 saturated heterocycles. The molecule has 1 aromatic carbocycles. The van der Waals surface area contributed by atoms with Crippen LogP contribution < -0.4 is 4.74 Å². The number of methoxy groups -OCH3 is 1. The molecule has 0 heterocycles. The van der Waals surface area contributed by atoms with E-state index in [1.807, 2.05) is 24.3 Å². The summed E-state index contributed by atoms with van der Waals surface area (Å²) in [6.07, 6.45) is 7.14. The summed E-state index contributed by atoms with van der Waals surface area (Å²) in [7, 11) is 1.67. The highest BCUT2D eigenvalue weighted by Crippen LogP contribution is 2.51. The molecule has 1 N–H and O–H groups in total. The van der Waals surface area contributed by atoms with E-state index in [9.17, 15) is 5.11 Å². The van der Waals surface area contributed by atoms with E-state index in [4.69, 9.17) is 9.47 Å². The van der Waals surface area contributed by atoms with Crippen molar-refractivity contribution in [3.8, 4) is 5.75 Å². The monoisotopic (exact) mass is 330 g/mol. The lowest BCUT2D eigenvalue weighted by Gasteiger charge is -2.37. The topological polar surface area (TPSA) is 38.7 Å². The second-order valence-corrected chi connectivity index (χ2v) is 7.72. The molecule has 2 aliphatic carbocycles. The standard InChI is InChI=1S/C21H30O3/c1-21(2)16-6-4-5-7-19(22)20(18(21)13-10-16)24-14-15-8-11-17(23-3)12-9-15/h6,8-9,11-12,18-20,22H,4-5,7,10,13-14H2,1-3H3/b16-6-/t18-,19+,20-/m1/s1. The molecule has 24 heavy (non-hydrogen) atoms. The first-order valence-electron chi connectivity index (χ1n) is 9.14. The van der Waals surface area contributed by atoms with Crippen LogP contribution >= 0.6 is 0 Å². The summed E-state index contributed by atoms with van der Waals surface area (Å²) in [6, 6.07) is 7.98. The molecule has 1 aromatic rings. The molecule has 0 unspecified atom stereocenters. The molecule has 0 amide bonds. The van der Waals surface area contributed by atoms with Gasteiger partial charge in [-0.2, -0.15) is 0 Å². The lowest BCUT2D eigenvalue weighted by Crippen LogP contribution is -2.40. The van der Waals surface area contributed by atoms with E-state index in [1.165, 1.54) is 0 Å². The van der Waals surface area contributed by atoms with E-state index in [1.54, 1.807) is 12.7 Å². The quantitative estimate of drug-likeness (QED) is 0.827. The number of benzene rings is 1. The molecule has 1 saturated carbocycles. The maximum Gasteiger partial charge on any atom is 0.118 e. The zero-order chi connectivity index (χ0) is 17.2. The molecule has 132 valence electrons. The van der Waals surface area contributed by atoms with Crippen LogP contribution in [0.25, 0.3) is 0 Å². The number of hydrogen-bond acceptors (Lipinski definition) is 3. The number of ether oxygens (including phenoxy) is 2. The van der Waals surface area contributed by atoms with Crippen LogP contribution in [0.3, 0.4) is 0 Å². The second-order valence-electron chi connectivity index (χ2n) is 7.72. The van der Waals surface area contributed by atoms with Crippen LogP contribution in [0, 0.1) is 11.3 Å². The van der Waals surface area contributed by atoms with Crippen LogP contribution in [0.15, 0.2) is 35.9 Å². The Morgan fingerprint density at radius 1 is 1.17 bits per heavy atom. The lowest BCUT2D eigenvalue weighted by molar-refractivity contribution is -0.0947. The van der Waals surface area contributed by atoms with Gasteiger partial charge in [-0.25, -0.2) is 0 Å². The molecule has 3 heteroatoms. The van der Waals surface area contributed by atoms with Gasteiger partial charge in [0, 0.05) is 0 Å². The Bertz CT molecular complexity index is 573. The van der Waals surface area contributed by atoms with Gasteiger partial charge in [-0.15, -0.1) is 0 Å². The molecule has 2 bridgehead atoms. The molecule has 0 spiro atoms. The van der Waals surface area contributed by atoms with Crippen LogP contribution in [-0.4, -0.2) is 24.4 Å². The Kier molecular flexibility index (Phi) is 5.31. The number of allylic oxidation sites excluding steroid dienone is 2. The number of rotatable bonds is 4. The predicted octanol–water partition coefficient (Wildman–Crippen LogP) is 4.49. The van der Waals surface area contributed by atoms with Gasteiger partial charge in [0.25, 0.3) is 0 Å². The van der Waals surface area contributed by atoms with Crippen molar-refractivity contribution in [1.82, 2.24) is 0 Å². The summed E-state index contributed by atoms with van der Waals surface area (Å²) in [4.78, 5) is 0. The maximum absolute atomic E-state index is 10.7. The predicted molar refractivity (Wildman–Crippen MR) is 96.0 cm³/mol. The molecule has 3 nitrogen and oxygen atoms in total. The molecule has 0 radical (unpaired) electrons. The Balaban J connectivity index is 1.74. The van der Waals surface area contributed by atoms with Gasteiger partial charge < -0.3 is 14.6 Å². The van der Waals surface area contributed by atoms with Crippen LogP contribution in [0.1, 0.15) is 51.5 Å². The zero-order valence-corrected chi connectivity index (χ0v) is 15.1.